The van der Waals surface area contributed by atoms with Crippen LogP contribution in [-0.2, 0) is 16.0 Å². The Morgan fingerprint density at radius 3 is 2.48 bits per heavy atom. The van der Waals surface area contributed by atoms with Crippen LogP contribution in [0.1, 0.15) is 36.6 Å². The maximum Gasteiger partial charge on any atom is 0.313 e. The fraction of sp³-hybridized carbons (Fsp3) is 0.316. The SMILES string of the molecule is COC(=O)C(C)(C)[C@@H](N)c1ccc2c(c1)Cc1ccccc1-2.Cl. The second-order valence-corrected chi connectivity index (χ2v) is 6.44. The van der Waals surface area contributed by atoms with Crippen LogP contribution in [-0.4, -0.2) is 13.1 Å². The van der Waals surface area contributed by atoms with Gasteiger partial charge in [0.2, 0.25) is 0 Å². The monoisotopic (exact) mass is 331 g/mol. The van der Waals surface area contributed by atoms with Crippen LogP contribution < -0.4 is 5.73 Å². The molecule has 122 valence electrons. The number of benzene rings is 2. The van der Waals surface area contributed by atoms with E-state index in [1.165, 1.54) is 29.4 Å². The molecule has 3 nitrogen and oxygen atoms in total. The molecule has 1 aliphatic rings. The Hall–Kier alpha value is -1.84. The molecule has 1 atom stereocenters. The number of nitrogens with two attached hydrogens (primary N) is 1. The molecular weight excluding hydrogens is 310 g/mol. The van der Waals surface area contributed by atoms with Crippen LogP contribution in [0.25, 0.3) is 11.1 Å². The highest BCUT2D eigenvalue weighted by Gasteiger charge is 2.37. The molecule has 0 amide bonds. The molecule has 0 bridgehead atoms. The van der Waals surface area contributed by atoms with Gasteiger partial charge in [-0.15, -0.1) is 12.4 Å². The third-order valence-electron chi connectivity index (χ3n) is 4.67. The summed E-state index contributed by atoms with van der Waals surface area (Å²) in [5.41, 5.74) is 11.7. The number of ether oxygens (including phenoxy) is 1. The van der Waals surface area contributed by atoms with Crippen molar-refractivity contribution in [1.29, 1.82) is 0 Å². The number of carbonyl (C=O) groups excluding carboxylic acids is 1. The minimum atomic E-state index is -0.756. The summed E-state index contributed by atoms with van der Waals surface area (Å²) in [5.74, 6) is -0.288. The van der Waals surface area contributed by atoms with Gasteiger partial charge in [0.25, 0.3) is 0 Å². The van der Waals surface area contributed by atoms with Gasteiger partial charge in [-0.3, -0.25) is 4.79 Å². The van der Waals surface area contributed by atoms with Crippen molar-refractivity contribution in [2.45, 2.75) is 26.3 Å². The van der Waals surface area contributed by atoms with Crippen molar-refractivity contribution in [2.75, 3.05) is 7.11 Å². The van der Waals surface area contributed by atoms with E-state index < -0.39 is 11.5 Å². The van der Waals surface area contributed by atoms with E-state index in [2.05, 4.69) is 36.4 Å². The zero-order valence-electron chi connectivity index (χ0n) is 13.6. The highest BCUT2D eigenvalue weighted by molar-refractivity contribution is 5.85. The number of hydrogen-bond acceptors (Lipinski definition) is 3. The number of esters is 1. The molecule has 3 rings (SSSR count). The predicted molar refractivity (Wildman–Crippen MR) is 94.7 cm³/mol. The van der Waals surface area contributed by atoms with Gasteiger partial charge in [-0.05, 0) is 48.1 Å². The Bertz CT molecular complexity index is 740. The molecule has 0 unspecified atom stereocenters. The Balaban J connectivity index is 0.00000192. The first kappa shape index (κ1) is 17.5. The summed E-state index contributed by atoms with van der Waals surface area (Å²) >= 11 is 0. The summed E-state index contributed by atoms with van der Waals surface area (Å²) in [4.78, 5) is 12.0. The molecule has 0 saturated carbocycles. The van der Waals surface area contributed by atoms with E-state index in [4.69, 9.17) is 10.5 Å². The average molecular weight is 332 g/mol. The fourth-order valence-electron chi connectivity index (χ4n) is 3.17. The summed E-state index contributed by atoms with van der Waals surface area (Å²) in [6.07, 6.45) is 0.921. The first-order chi connectivity index (χ1) is 10.4. The van der Waals surface area contributed by atoms with Gasteiger partial charge in [0.05, 0.1) is 12.5 Å². The maximum atomic E-state index is 12.0. The van der Waals surface area contributed by atoms with E-state index >= 15 is 0 Å². The Labute approximate surface area is 143 Å². The molecule has 2 aromatic carbocycles. The Morgan fingerprint density at radius 2 is 1.78 bits per heavy atom. The van der Waals surface area contributed by atoms with E-state index in [-0.39, 0.29) is 18.4 Å². The van der Waals surface area contributed by atoms with Gasteiger partial charge in [-0.2, -0.15) is 0 Å². The highest BCUT2D eigenvalue weighted by atomic mass is 35.5. The minimum Gasteiger partial charge on any atom is -0.469 e. The lowest BCUT2D eigenvalue weighted by atomic mass is 9.80. The van der Waals surface area contributed by atoms with Gasteiger partial charge in [-0.1, -0.05) is 42.5 Å². The van der Waals surface area contributed by atoms with Crippen LogP contribution in [0, 0.1) is 5.41 Å². The normalized spacial score (nSPS) is 13.6. The topological polar surface area (TPSA) is 52.3 Å². The fourth-order valence-corrected chi connectivity index (χ4v) is 3.17. The number of methoxy groups -OCH3 is 1. The smallest absolute Gasteiger partial charge is 0.313 e. The summed E-state index contributed by atoms with van der Waals surface area (Å²) in [5, 5.41) is 0. The Kier molecular flexibility index (Phi) is 4.83. The van der Waals surface area contributed by atoms with Crippen LogP contribution in [0.15, 0.2) is 42.5 Å². The quantitative estimate of drug-likeness (QED) is 0.741. The number of rotatable bonds is 3. The van der Waals surface area contributed by atoms with Gasteiger partial charge < -0.3 is 10.5 Å². The van der Waals surface area contributed by atoms with Gasteiger partial charge in [0.15, 0.2) is 0 Å². The average Bonchev–Trinajstić information content (AvgIpc) is 2.90. The van der Waals surface area contributed by atoms with Crippen molar-refractivity contribution in [3.63, 3.8) is 0 Å². The largest absolute Gasteiger partial charge is 0.469 e. The van der Waals surface area contributed by atoms with Crippen LogP contribution in [0.3, 0.4) is 0 Å². The third-order valence-corrected chi connectivity index (χ3v) is 4.67. The van der Waals surface area contributed by atoms with Crippen LogP contribution in [0.2, 0.25) is 0 Å². The second kappa shape index (κ2) is 6.34. The minimum absolute atomic E-state index is 0. The number of halogens is 1. The molecule has 23 heavy (non-hydrogen) atoms. The molecule has 0 aliphatic heterocycles. The molecule has 0 spiro atoms. The molecule has 0 aromatic heterocycles. The van der Waals surface area contributed by atoms with E-state index in [1.807, 2.05) is 19.9 Å². The lowest BCUT2D eigenvalue weighted by Gasteiger charge is -2.29. The predicted octanol–water partition coefficient (Wildman–Crippen LogP) is 3.88. The zero-order chi connectivity index (χ0) is 15.9. The summed E-state index contributed by atoms with van der Waals surface area (Å²) in [6.45, 7) is 3.65. The third kappa shape index (κ3) is 2.87. The van der Waals surface area contributed by atoms with Gasteiger partial charge in [0.1, 0.15) is 0 Å². The molecule has 0 radical (unpaired) electrons. The standard InChI is InChI=1S/C19H21NO2.ClH/c1-19(2,18(21)22-3)17(20)13-8-9-16-14(11-13)10-12-6-4-5-7-15(12)16;/h4-9,11,17H,10,20H2,1-3H3;1H/t17-;/m0./s1. The van der Waals surface area contributed by atoms with Gasteiger partial charge in [0, 0.05) is 6.04 Å². The summed E-state index contributed by atoms with van der Waals surface area (Å²) in [6, 6.07) is 14.3. The number of fused-ring (bicyclic) bond motifs is 3. The van der Waals surface area contributed by atoms with Crippen molar-refractivity contribution in [2.24, 2.45) is 11.1 Å². The number of hydrogen-bond donors (Lipinski definition) is 1. The van der Waals surface area contributed by atoms with E-state index in [9.17, 15) is 4.79 Å². The molecule has 1 aliphatic carbocycles. The van der Waals surface area contributed by atoms with E-state index in [1.54, 1.807) is 0 Å². The Morgan fingerprint density at radius 1 is 1.13 bits per heavy atom. The lowest BCUT2D eigenvalue weighted by Crippen LogP contribution is -2.37. The maximum absolute atomic E-state index is 12.0. The molecular formula is C19H22ClNO2. The molecule has 2 N–H and O–H groups in total. The van der Waals surface area contributed by atoms with Crippen LogP contribution in [0.5, 0.6) is 0 Å². The molecule has 0 heterocycles. The number of carbonyl (C=O) groups is 1. The summed E-state index contributed by atoms with van der Waals surface area (Å²) < 4.78 is 4.88. The van der Waals surface area contributed by atoms with Crippen molar-refractivity contribution in [3.8, 4) is 11.1 Å². The van der Waals surface area contributed by atoms with Crippen LogP contribution >= 0.6 is 12.4 Å². The van der Waals surface area contributed by atoms with Crippen LogP contribution in [0.4, 0.5) is 0 Å². The lowest BCUT2D eigenvalue weighted by molar-refractivity contribution is -0.152. The van der Waals surface area contributed by atoms with Crippen molar-refractivity contribution >= 4 is 18.4 Å². The van der Waals surface area contributed by atoms with Gasteiger partial charge in [-0.25, -0.2) is 0 Å². The van der Waals surface area contributed by atoms with Crippen molar-refractivity contribution in [3.05, 3.63) is 59.2 Å². The molecule has 2 aromatic rings. The van der Waals surface area contributed by atoms with Crippen molar-refractivity contribution < 1.29 is 9.53 Å². The summed E-state index contributed by atoms with van der Waals surface area (Å²) in [7, 11) is 1.40. The van der Waals surface area contributed by atoms with Gasteiger partial charge >= 0.3 is 5.97 Å². The highest BCUT2D eigenvalue weighted by Crippen LogP contribution is 2.39. The first-order valence-corrected chi connectivity index (χ1v) is 7.50. The first-order valence-electron chi connectivity index (χ1n) is 7.50. The molecule has 0 saturated heterocycles. The molecule has 0 fully saturated rings. The van der Waals surface area contributed by atoms with Crippen molar-refractivity contribution in [1.82, 2.24) is 0 Å². The van der Waals surface area contributed by atoms with E-state index in [0.29, 0.717) is 0 Å². The molecule has 4 heteroatoms. The van der Waals surface area contributed by atoms with E-state index in [0.717, 1.165) is 12.0 Å². The zero-order valence-corrected chi connectivity index (χ0v) is 14.4. The second-order valence-electron chi connectivity index (χ2n) is 6.44.